The monoisotopic (exact) mass is 548 g/mol. The van der Waals surface area contributed by atoms with Crippen LogP contribution >= 0.6 is 0 Å². The van der Waals surface area contributed by atoms with Crippen LogP contribution in [0.25, 0.3) is 71.3 Å². The zero-order valence-corrected chi connectivity index (χ0v) is 24.1. The number of hydrogen-bond donors (Lipinski definition) is 0. The summed E-state index contributed by atoms with van der Waals surface area (Å²) in [5, 5.41) is 7.82. The van der Waals surface area contributed by atoms with E-state index < -0.39 is 0 Å². The average molecular weight is 549 g/mol. The number of fused-ring (bicyclic) bond motifs is 3. The van der Waals surface area contributed by atoms with Gasteiger partial charge in [0.2, 0.25) is 0 Å². The second-order valence-corrected chi connectivity index (χ2v) is 11.4. The van der Waals surface area contributed by atoms with Crippen LogP contribution in [-0.4, -0.2) is 0 Å². The first-order chi connectivity index (χ1) is 21.4. The molecule has 0 nitrogen and oxygen atoms in total. The van der Waals surface area contributed by atoms with Crippen molar-refractivity contribution in [3.05, 3.63) is 163 Å². The molecule has 0 bridgehead atoms. The SMILES string of the molecule is C1=CC(c2c3ccccc3c(-c3ccccc3)c3c(-c4ccccc4)c4ccccc4c(-c4ccccc4)c23)=CCCC1. The summed E-state index contributed by atoms with van der Waals surface area (Å²) in [6, 6.07) is 51.1. The van der Waals surface area contributed by atoms with E-state index >= 15 is 0 Å². The van der Waals surface area contributed by atoms with Crippen LogP contribution in [0.5, 0.6) is 0 Å². The predicted molar refractivity (Wildman–Crippen MR) is 186 cm³/mol. The summed E-state index contributed by atoms with van der Waals surface area (Å²) in [5.41, 5.74) is 10.3. The Labute approximate surface area is 253 Å². The van der Waals surface area contributed by atoms with E-state index in [1.54, 1.807) is 0 Å². The lowest BCUT2D eigenvalue weighted by Gasteiger charge is -2.25. The number of hydrogen-bond acceptors (Lipinski definition) is 0. The lowest BCUT2D eigenvalue weighted by molar-refractivity contribution is 0.876. The molecule has 0 aliphatic heterocycles. The minimum absolute atomic E-state index is 1.08. The van der Waals surface area contributed by atoms with Gasteiger partial charge in [0.25, 0.3) is 0 Å². The quantitative estimate of drug-likeness (QED) is 0.192. The minimum atomic E-state index is 1.08. The van der Waals surface area contributed by atoms with Crippen molar-refractivity contribution in [1.29, 1.82) is 0 Å². The zero-order chi connectivity index (χ0) is 28.6. The number of allylic oxidation sites excluding steroid dienone is 4. The van der Waals surface area contributed by atoms with E-state index in [-0.39, 0.29) is 0 Å². The van der Waals surface area contributed by atoms with Crippen molar-refractivity contribution in [1.82, 2.24) is 0 Å². The summed E-state index contributed by atoms with van der Waals surface area (Å²) in [6.07, 6.45) is 10.6. The lowest BCUT2D eigenvalue weighted by atomic mass is 9.77. The molecule has 0 heterocycles. The van der Waals surface area contributed by atoms with Crippen LogP contribution in [0.4, 0.5) is 0 Å². The highest BCUT2D eigenvalue weighted by Gasteiger charge is 2.25. The van der Waals surface area contributed by atoms with Crippen molar-refractivity contribution in [3.8, 4) is 33.4 Å². The van der Waals surface area contributed by atoms with Gasteiger partial charge >= 0.3 is 0 Å². The molecule has 0 heteroatoms. The summed E-state index contributed by atoms with van der Waals surface area (Å²) in [5.74, 6) is 0. The third-order valence-corrected chi connectivity index (χ3v) is 8.89. The van der Waals surface area contributed by atoms with Gasteiger partial charge in [0.05, 0.1) is 0 Å². The molecule has 0 unspecified atom stereocenters. The van der Waals surface area contributed by atoms with Gasteiger partial charge in [-0.15, -0.1) is 0 Å². The maximum absolute atomic E-state index is 2.47. The van der Waals surface area contributed by atoms with E-state index in [9.17, 15) is 0 Å². The van der Waals surface area contributed by atoms with Crippen molar-refractivity contribution < 1.29 is 0 Å². The number of rotatable bonds is 4. The van der Waals surface area contributed by atoms with Gasteiger partial charge in [-0.3, -0.25) is 0 Å². The predicted octanol–water partition coefficient (Wildman–Crippen LogP) is 12.3. The van der Waals surface area contributed by atoms with Crippen LogP contribution < -0.4 is 0 Å². The molecule has 0 aromatic heterocycles. The highest BCUT2D eigenvalue weighted by Crippen LogP contribution is 2.52. The fourth-order valence-corrected chi connectivity index (χ4v) is 7.10. The fourth-order valence-electron chi connectivity index (χ4n) is 7.10. The van der Waals surface area contributed by atoms with Gasteiger partial charge in [-0.1, -0.05) is 158 Å². The molecule has 43 heavy (non-hydrogen) atoms. The van der Waals surface area contributed by atoms with Gasteiger partial charge in [0.1, 0.15) is 0 Å². The molecule has 7 aromatic rings. The first-order valence-corrected chi connectivity index (χ1v) is 15.4. The normalized spacial score (nSPS) is 13.3. The van der Waals surface area contributed by atoms with E-state index in [1.165, 1.54) is 83.3 Å². The maximum atomic E-state index is 2.47. The Hall–Kier alpha value is -5.20. The molecule has 0 saturated heterocycles. The highest BCUT2D eigenvalue weighted by molar-refractivity contribution is 6.32. The van der Waals surface area contributed by atoms with Crippen molar-refractivity contribution in [3.63, 3.8) is 0 Å². The van der Waals surface area contributed by atoms with Crippen molar-refractivity contribution in [2.45, 2.75) is 19.3 Å². The Morgan fingerprint density at radius 3 is 1.16 bits per heavy atom. The Morgan fingerprint density at radius 1 is 0.349 bits per heavy atom. The molecule has 0 atom stereocenters. The van der Waals surface area contributed by atoms with E-state index in [4.69, 9.17) is 0 Å². The molecule has 0 fully saturated rings. The molecule has 0 N–H and O–H groups in total. The summed E-state index contributed by atoms with van der Waals surface area (Å²) in [6.45, 7) is 0. The Balaban J connectivity index is 1.75. The van der Waals surface area contributed by atoms with Gasteiger partial charge in [-0.05, 0) is 96.1 Å². The van der Waals surface area contributed by atoms with Crippen LogP contribution in [0.1, 0.15) is 24.8 Å². The minimum Gasteiger partial charge on any atom is -0.0839 e. The molecule has 1 aliphatic carbocycles. The summed E-state index contributed by atoms with van der Waals surface area (Å²) in [4.78, 5) is 0. The largest absolute Gasteiger partial charge is 0.0839 e. The van der Waals surface area contributed by atoms with E-state index in [0.29, 0.717) is 0 Å². The second kappa shape index (κ2) is 10.9. The summed E-state index contributed by atoms with van der Waals surface area (Å²) >= 11 is 0. The Morgan fingerprint density at radius 2 is 0.721 bits per heavy atom. The molecule has 0 saturated carbocycles. The van der Waals surface area contributed by atoms with Gasteiger partial charge < -0.3 is 0 Å². The summed E-state index contributed by atoms with van der Waals surface area (Å²) < 4.78 is 0. The van der Waals surface area contributed by atoms with Crippen LogP contribution in [0.3, 0.4) is 0 Å². The molecular weight excluding hydrogens is 516 g/mol. The zero-order valence-electron chi connectivity index (χ0n) is 24.1. The topological polar surface area (TPSA) is 0 Å². The van der Waals surface area contributed by atoms with E-state index in [0.717, 1.165) is 12.8 Å². The van der Waals surface area contributed by atoms with Gasteiger partial charge in [-0.25, -0.2) is 0 Å². The average Bonchev–Trinajstić information content (AvgIpc) is 3.37. The van der Waals surface area contributed by atoms with Crippen LogP contribution in [0, 0.1) is 0 Å². The van der Waals surface area contributed by atoms with Crippen LogP contribution in [0.2, 0.25) is 0 Å². The van der Waals surface area contributed by atoms with Crippen LogP contribution in [-0.2, 0) is 0 Å². The third kappa shape index (κ3) is 4.30. The van der Waals surface area contributed by atoms with E-state index in [1.807, 2.05) is 0 Å². The molecule has 1 aliphatic rings. The molecular formula is C43H32. The Bertz CT molecular complexity index is 2120. The van der Waals surface area contributed by atoms with Crippen molar-refractivity contribution >= 4 is 37.9 Å². The second-order valence-electron chi connectivity index (χ2n) is 11.4. The Kier molecular flexibility index (Phi) is 6.46. The first-order valence-electron chi connectivity index (χ1n) is 15.4. The van der Waals surface area contributed by atoms with Gasteiger partial charge in [-0.2, -0.15) is 0 Å². The van der Waals surface area contributed by atoms with Gasteiger partial charge in [0.15, 0.2) is 0 Å². The molecule has 0 amide bonds. The smallest absolute Gasteiger partial charge is 0.000139 e. The van der Waals surface area contributed by atoms with Crippen LogP contribution in [0.15, 0.2) is 158 Å². The molecule has 7 aromatic carbocycles. The maximum Gasteiger partial charge on any atom is -0.000139 e. The fraction of sp³-hybridized carbons (Fsp3) is 0.0698. The van der Waals surface area contributed by atoms with Gasteiger partial charge in [0, 0.05) is 0 Å². The van der Waals surface area contributed by atoms with Crippen molar-refractivity contribution in [2.24, 2.45) is 0 Å². The molecule has 0 spiro atoms. The number of benzene rings is 7. The van der Waals surface area contributed by atoms with Crippen molar-refractivity contribution in [2.75, 3.05) is 0 Å². The summed E-state index contributed by atoms with van der Waals surface area (Å²) in [7, 11) is 0. The third-order valence-electron chi connectivity index (χ3n) is 8.89. The standard InChI is InChI=1S/C43H32/c1-2-7-19-30(18-6-1)38-34-26-14-15-27-35(34)40(32-22-10-4-11-23-32)43-41(33-24-12-5-13-25-33)37-29-17-16-28-36(37)39(42(38)43)31-20-8-3-9-21-31/h3-6,8-29H,1-2,7H2. The lowest BCUT2D eigenvalue weighted by Crippen LogP contribution is -1.99. The molecule has 8 rings (SSSR count). The molecule has 0 radical (unpaired) electrons. The first kappa shape index (κ1) is 25.5. The molecule has 204 valence electrons. The highest BCUT2D eigenvalue weighted by atomic mass is 14.3. The van der Waals surface area contributed by atoms with E-state index in [2.05, 4.69) is 158 Å².